The monoisotopic (exact) mass is 491 g/mol. The van der Waals surface area contributed by atoms with Crippen molar-refractivity contribution in [2.24, 2.45) is 0 Å². The molecule has 170 valence electrons. The molecule has 0 atom stereocenters. The van der Waals surface area contributed by atoms with Gasteiger partial charge in [0.15, 0.2) is 5.58 Å². The Bertz CT molecular complexity index is 1580. The van der Waals surface area contributed by atoms with Gasteiger partial charge in [0.25, 0.3) is 5.56 Å². The molecular formula is C21H15Cl2N3O7. The largest absolute Gasteiger partial charge is 0.511 e. The molecule has 33 heavy (non-hydrogen) atoms. The highest BCUT2D eigenvalue weighted by Gasteiger charge is 2.19. The molecule has 0 aliphatic carbocycles. The number of rotatable bonds is 5. The molecule has 4 aromatic rings. The standard InChI is InChI=1S/C21H15Cl2N3O7/c1-2-24-14-7-6-12(8-15(14)32-20(24)29)25-10-16(33-21(30)31)18(27)26(19(25)28)9-11-4-3-5-13(22)17(11)23/h3-8,10H,2,9H2,1H3,(H,30,31). The molecule has 0 unspecified atom stereocenters. The van der Waals surface area contributed by atoms with E-state index in [0.717, 1.165) is 15.3 Å². The van der Waals surface area contributed by atoms with Crippen LogP contribution in [0.25, 0.3) is 16.8 Å². The molecular weight excluding hydrogens is 477 g/mol. The smallest absolute Gasteiger partial charge is 0.449 e. The Morgan fingerprint density at radius 2 is 1.88 bits per heavy atom. The highest BCUT2D eigenvalue weighted by atomic mass is 35.5. The average molecular weight is 492 g/mol. The quantitative estimate of drug-likeness (QED) is 0.424. The first-order chi connectivity index (χ1) is 15.7. The maximum atomic E-state index is 13.2. The summed E-state index contributed by atoms with van der Waals surface area (Å²) >= 11 is 12.2. The van der Waals surface area contributed by atoms with Crippen molar-refractivity contribution in [1.29, 1.82) is 0 Å². The predicted octanol–water partition coefficient (Wildman–Crippen LogP) is 3.34. The first kappa shape index (κ1) is 22.4. The molecule has 2 aromatic carbocycles. The number of halogens is 2. The van der Waals surface area contributed by atoms with E-state index in [-0.39, 0.29) is 27.9 Å². The minimum absolute atomic E-state index is 0.144. The summed E-state index contributed by atoms with van der Waals surface area (Å²) in [6.45, 7) is 1.87. The zero-order valence-electron chi connectivity index (χ0n) is 16.9. The van der Waals surface area contributed by atoms with E-state index in [4.69, 9.17) is 32.7 Å². The van der Waals surface area contributed by atoms with Crippen molar-refractivity contribution in [2.75, 3.05) is 0 Å². The molecule has 0 aliphatic rings. The topological polar surface area (TPSA) is 126 Å². The number of fused-ring (bicyclic) bond motifs is 1. The van der Waals surface area contributed by atoms with Gasteiger partial charge in [0, 0.05) is 12.6 Å². The lowest BCUT2D eigenvalue weighted by Crippen LogP contribution is -2.40. The Morgan fingerprint density at radius 1 is 1.12 bits per heavy atom. The lowest BCUT2D eigenvalue weighted by atomic mass is 10.2. The van der Waals surface area contributed by atoms with Gasteiger partial charge in [-0.1, -0.05) is 35.3 Å². The summed E-state index contributed by atoms with van der Waals surface area (Å²) in [4.78, 5) is 49.2. The first-order valence-electron chi connectivity index (χ1n) is 9.55. The lowest BCUT2D eigenvalue weighted by Gasteiger charge is -2.13. The molecule has 4 rings (SSSR count). The summed E-state index contributed by atoms with van der Waals surface area (Å²) in [6, 6.07) is 9.24. The lowest BCUT2D eigenvalue weighted by molar-refractivity contribution is 0.143. The molecule has 0 saturated heterocycles. The predicted molar refractivity (Wildman–Crippen MR) is 120 cm³/mol. The number of nitrogens with zero attached hydrogens (tertiary/aromatic N) is 3. The van der Waals surface area contributed by atoms with Crippen LogP contribution in [0.15, 0.2) is 61.4 Å². The van der Waals surface area contributed by atoms with Gasteiger partial charge in [0.2, 0.25) is 5.75 Å². The van der Waals surface area contributed by atoms with E-state index in [1.165, 1.54) is 16.7 Å². The Hall–Kier alpha value is -3.76. The third kappa shape index (κ3) is 4.06. The van der Waals surface area contributed by atoms with E-state index in [2.05, 4.69) is 4.74 Å². The Morgan fingerprint density at radius 3 is 2.58 bits per heavy atom. The highest BCUT2D eigenvalue weighted by Crippen LogP contribution is 2.26. The molecule has 12 heteroatoms. The van der Waals surface area contributed by atoms with Gasteiger partial charge >= 0.3 is 17.6 Å². The molecule has 0 aliphatic heterocycles. The van der Waals surface area contributed by atoms with E-state index in [1.807, 2.05) is 0 Å². The van der Waals surface area contributed by atoms with Crippen LogP contribution in [-0.4, -0.2) is 25.0 Å². The SMILES string of the molecule is CCn1c(=O)oc2cc(-n3cc(OC(=O)O)c(=O)n(Cc4cccc(Cl)c4Cl)c3=O)ccc21. The zero-order valence-corrected chi connectivity index (χ0v) is 18.5. The van der Waals surface area contributed by atoms with Crippen LogP contribution in [0, 0.1) is 0 Å². The molecule has 0 radical (unpaired) electrons. The number of carboxylic acid groups (broad SMARTS) is 1. The third-order valence-electron chi connectivity index (χ3n) is 4.94. The van der Waals surface area contributed by atoms with Crippen molar-refractivity contribution in [3.05, 3.63) is 89.6 Å². The molecule has 2 aromatic heterocycles. The summed E-state index contributed by atoms with van der Waals surface area (Å²) in [5.74, 6) is -1.17. The van der Waals surface area contributed by atoms with Crippen LogP contribution in [0.1, 0.15) is 12.5 Å². The van der Waals surface area contributed by atoms with Gasteiger partial charge in [-0.25, -0.2) is 14.4 Å². The minimum atomic E-state index is -1.73. The molecule has 1 N–H and O–H groups in total. The molecule has 0 bridgehead atoms. The van der Waals surface area contributed by atoms with Crippen molar-refractivity contribution in [1.82, 2.24) is 13.7 Å². The maximum absolute atomic E-state index is 13.2. The summed E-state index contributed by atoms with van der Waals surface area (Å²) in [5, 5.41) is 9.40. The molecule has 0 amide bonds. The third-order valence-corrected chi connectivity index (χ3v) is 5.80. The average Bonchev–Trinajstić information content (AvgIpc) is 3.09. The summed E-state index contributed by atoms with van der Waals surface area (Å²) in [6.07, 6.45) is -0.767. The number of ether oxygens (including phenoxy) is 1. The fourth-order valence-electron chi connectivity index (χ4n) is 3.41. The molecule has 0 saturated carbocycles. The fourth-order valence-corrected chi connectivity index (χ4v) is 3.79. The van der Waals surface area contributed by atoms with Gasteiger partial charge < -0.3 is 14.3 Å². The Balaban J connectivity index is 1.94. The Labute approximate surface area is 194 Å². The second-order valence-corrected chi connectivity index (χ2v) is 7.67. The van der Waals surface area contributed by atoms with Gasteiger partial charge in [-0.05, 0) is 30.7 Å². The van der Waals surface area contributed by atoms with Crippen LogP contribution in [-0.2, 0) is 13.1 Å². The van der Waals surface area contributed by atoms with E-state index in [0.29, 0.717) is 17.6 Å². The summed E-state index contributed by atoms with van der Waals surface area (Å²) in [7, 11) is 0. The second-order valence-electron chi connectivity index (χ2n) is 6.88. The number of hydrogen-bond donors (Lipinski definition) is 1. The van der Waals surface area contributed by atoms with Crippen LogP contribution in [0.5, 0.6) is 5.75 Å². The fraction of sp³-hybridized carbons (Fsp3) is 0.143. The Kier molecular flexibility index (Phi) is 5.88. The number of oxazole rings is 1. The highest BCUT2D eigenvalue weighted by molar-refractivity contribution is 6.42. The van der Waals surface area contributed by atoms with Crippen LogP contribution in [0.2, 0.25) is 10.0 Å². The molecule has 10 nitrogen and oxygen atoms in total. The van der Waals surface area contributed by atoms with Gasteiger partial charge in [-0.15, -0.1) is 0 Å². The second kappa shape index (κ2) is 8.64. The van der Waals surface area contributed by atoms with Gasteiger partial charge in [-0.3, -0.25) is 18.5 Å². The number of aromatic nitrogens is 3. The normalized spacial score (nSPS) is 11.1. The van der Waals surface area contributed by atoms with Gasteiger partial charge in [0.1, 0.15) is 0 Å². The van der Waals surface area contributed by atoms with Gasteiger partial charge in [0.05, 0.1) is 34.0 Å². The molecule has 0 spiro atoms. The van der Waals surface area contributed by atoms with E-state index < -0.39 is 28.9 Å². The first-order valence-corrected chi connectivity index (χ1v) is 10.3. The van der Waals surface area contributed by atoms with Crippen molar-refractivity contribution in [3.8, 4) is 11.4 Å². The number of benzene rings is 2. The molecule has 0 fully saturated rings. The number of carbonyl (C=O) groups is 1. The van der Waals surface area contributed by atoms with Crippen molar-refractivity contribution >= 4 is 40.5 Å². The van der Waals surface area contributed by atoms with Crippen molar-refractivity contribution < 1.29 is 19.1 Å². The summed E-state index contributed by atoms with van der Waals surface area (Å²) < 4.78 is 13.0. The zero-order chi connectivity index (χ0) is 23.9. The van der Waals surface area contributed by atoms with Crippen LogP contribution in [0.4, 0.5) is 4.79 Å². The van der Waals surface area contributed by atoms with Crippen molar-refractivity contribution in [2.45, 2.75) is 20.0 Å². The number of hydrogen-bond acceptors (Lipinski definition) is 6. The summed E-state index contributed by atoms with van der Waals surface area (Å²) in [5.41, 5.74) is -0.470. The van der Waals surface area contributed by atoms with E-state index in [1.54, 1.807) is 31.2 Å². The van der Waals surface area contributed by atoms with Crippen molar-refractivity contribution in [3.63, 3.8) is 0 Å². The van der Waals surface area contributed by atoms with E-state index in [9.17, 15) is 19.2 Å². The van der Waals surface area contributed by atoms with Crippen LogP contribution >= 0.6 is 23.2 Å². The maximum Gasteiger partial charge on any atom is 0.511 e. The minimum Gasteiger partial charge on any atom is -0.449 e. The van der Waals surface area contributed by atoms with Crippen LogP contribution in [0.3, 0.4) is 0 Å². The van der Waals surface area contributed by atoms with Gasteiger partial charge in [-0.2, -0.15) is 0 Å². The molecule has 2 heterocycles. The number of aryl methyl sites for hydroxylation is 1. The van der Waals surface area contributed by atoms with Crippen LogP contribution < -0.4 is 21.7 Å². The van der Waals surface area contributed by atoms with E-state index >= 15 is 0 Å².